The van der Waals surface area contributed by atoms with E-state index in [1.807, 2.05) is 0 Å². The van der Waals surface area contributed by atoms with Crippen molar-refractivity contribution in [2.45, 2.75) is 6.42 Å². The third-order valence-electron chi connectivity index (χ3n) is 1.42. The van der Waals surface area contributed by atoms with Crippen LogP contribution in [0.4, 0.5) is 4.39 Å². The highest BCUT2D eigenvalue weighted by Gasteiger charge is 2.02. The summed E-state index contributed by atoms with van der Waals surface area (Å²) >= 11 is 5.60. The fourth-order valence-corrected chi connectivity index (χ4v) is 1.04. The molecule has 0 saturated carbocycles. The van der Waals surface area contributed by atoms with Gasteiger partial charge in [0.15, 0.2) is 0 Å². The van der Waals surface area contributed by atoms with Gasteiger partial charge in [-0.25, -0.2) is 4.98 Å². The molecule has 0 spiro atoms. The summed E-state index contributed by atoms with van der Waals surface area (Å²) in [5.41, 5.74) is 8.35. The standard InChI is InChI=1S/C7H6ClFN4/c8-6-3-5(1-2-12-13-10)7(9)11-4-6/h3-4H,1-2H2. The number of aromatic nitrogens is 1. The fourth-order valence-electron chi connectivity index (χ4n) is 0.855. The third-order valence-corrected chi connectivity index (χ3v) is 1.63. The van der Waals surface area contributed by atoms with Gasteiger partial charge in [-0.15, -0.1) is 0 Å². The maximum atomic E-state index is 12.9. The van der Waals surface area contributed by atoms with Gasteiger partial charge in [-0.3, -0.25) is 0 Å². The van der Waals surface area contributed by atoms with Crippen LogP contribution in [0.5, 0.6) is 0 Å². The molecule has 68 valence electrons. The Morgan fingerprint density at radius 1 is 1.69 bits per heavy atom. The van der Waals surface area contributed by atoms with Crippen molar-refractivity contribution in [3.8, 4) is 0 Å². The Labute approximate surface area is 79.0 Å². The zero-order valence-electron chi connectivity index (χ0n) is 6.61. The summed E-state index contributed by atoms with van der Waals surface area (Å²) in [7, 11) is 0. The van der Waals surface area contributed by atoms with Gasteiger partial charge in [0.1, 0.15) is 0 Å². The minimum absolute atomic E-state index is 0.204. The molecule has 1 aromatic rings. The number of halogens is 2. The first-order valence-electron chi connectivity index (χ1n) is 3.55. The monoisotopic (exact) mass is 200 g/mol. The predicted molar refractivity (Wildman–Crippen MR) is 46.9 cm³/mol. The maximum absolute atomic E-state index is 12.9. The summed E-state index contributed by atoms with van der Waals surface area (Å²) in [6.07, 6.45) is 1.54. The SMILES string of the molecule is [N-]=[N+]=NCCc1cc(Cl)cnc1F. The van der Waals surface area contributed by atoms with Gasteiger partial charge in [-0.1, -0.05) is 16.7 Å². The molecule has 0 bridgehead atoms. The molecule has 0 N–H and O–H groups in total. The fraction of sp³-hybridized carbons (Fsp3) is 0.286. The van der Waals surface area contributed by atoms with E-state index >= 15 is 0 Å². The number of pyridine rings is 1. The Bertz CT molecular complexity index is 348. The highest BCUT2D eigenvalue weighted by molar-refractivity contribution is 6.30. The molecular weight excluding hydrogens is 195 g/mol. The van der Waals surface area contributed by atoms with Crippen molar-refractivity contribution >= 4 is 11.6 Å². The van der Waals surface area contributed by atoms with Gasteiger partial charge >= 0.3 is 0 Å². The van der Waals surface area contributed by atoms with E-state index in [0.717, 1.165) is 0 Å². The number of rotatable bonds is 3. The van der Waals surface area contributed by atoms with Crippen molar-refractivity contribution in [3.05, 3.63) is 39.2 Å². The molecule has 0 saturated heterocycles. The first-order valence-corrected chi connectivity index (χ1v) is 3.92. The number of hydrogen-bond acceptors (Lipinski definition) is 2. The van der Waals surface area contributed by atoms with Crippen molar-refractivity contribution in [1.29, 1.82) is 0 Å². The van der Waals surface area contributed by atoms with Gasteiger partial charge in [0.2, 0.25) is 5.95 Å². The Kier molecular flexibility index (Phi) is 3.49. The van der Waals surface area contributed by atoms with Gasteiger partial charge in [0, 0.05) is 23.2 Å². The van der Waals surface area contributed by atoms with Crippen LogP contribution in [0.15, 0.2) is 17.4 Å². The molecule has 1 rings (SSSR count). The second kappa shape index (κ2) is 4.64. The van der Waals surface area contributed by atoms with Crippen LogP contribution in [0.3, 0.4) is 0 Å². The molecule has 0 aliphatic heterocycles. The van der Waals surface area contributed by atoms with Crippen molar-refractivity contribution in [2.75, 3.05) is 6.54 Å². The normalized spacial score (nSPS) is 9.38. The molecule has 0 aromatic carbocycles. The average molecular weight is 201 g/mol. The van der Waals surface area contributed by atoms with Crippen LogP contribution >= 0.6 is 11.6 Å². The molecular formula is C7H6ClFN4. The van der Waals surface area contributed by atoms with Gasteiger partial charge in [0.05, 0.1) is 5.02 Å². The highest BCUT2D eigenvalue weighted by Crippen LogP contribution is 2.12. The van der Waals surface area contributed by atoms with E-state index in [1.165, 1.54) is 12.3 Å². The summed E-state index contributed by atoms with van der Waals surface area (Å²) in [6.45, 7) is 0.204. The highest BCUT2D eigenvalue weighted by atomic mass is 35.5. The second-order valence-electron chi connectivity index (χ2n) is 2.31. The molecule has 0 radical (unpaired) electrons. The molecule has 0 amide bonds. The summed E-state index contributed by atoms with van der Waals surface area (Å²) in [5, 5.41) is 3.65. The Morgan fingerprint density at radius 2 is 2.46 bits per heavy atom. The molecule has 0 unspecified atom stereocenters. The third kappa shape index (κ3) is 2.89. The van der Waals surface area contributed by atoms with Crippen LogP contribution in [-0.2, 0) is 6.42 Å². The van der Waals surface area contributed by atoms with Crippen LogP contribution in [0.25, 0.3) is 10.4 Å². The minimum atomic E-state index is -0.572. The Morgan fingerprint density at radius 3 is 3.15 bits per heavy atom. The summed E-state index contributed by atoms with van der Waals surface area (Å²) in [5.74, 6) is -0.572. The number of nitrogens with zero attached hydrogens (tertiary/aromatic N) is 4. The van der Waals surface area contributed by atoms with E-state index < -0.39 is 5.95 Å². The van der Waals surface area contributed by atoms with E-state index in [4.69, 9.17) is 17.1 Å². The lowest BCUT2D eigenvalue weighted by atomic mass is 10.2. The first kappa shape index (κ1) is 9.77. The number of azide groups is 1. The minimum Gasteiger partial charge on any atom is -0.227 e. The molecule has 0 aliphatic rings. The van der Waals surface area contributed by atoms with Crippen LogP contribution in [0, 0.1) is 5.95 Å². The van der Waals surface area contributed by atoms with Crippen LogP contribution in [0.2, 0.25) is 5.02 Å². The van der Waals surface area contributed by atoms with E-state index in [0.29, 0.717) is 17.0 Å². The lowest BCUT2D eigenvalue weighted by Crippen LogP contribution is -1.95. The maximum Gasteiger partial charge on any atom is 0.216 e. The summed E-state index contributed by atoms with van der Waals surface area (Å²) in [4.78, 5) is 5.98. The molecule has 0 fully saturated rings. The first-order chi connectivity index (χ1) is 6.24. The van der Waals surface area contributed by atoms with Crippen molar-refractivity contribution in [1.82, 2.24) is 4.98 Å². The summed E-state index contributed by atoms with van der Waals surface area (Å²) < 4.78 is 12.9. The van der Waals surface area contributed by atoms with Gasteiger partial charge < -0.3 is 0 Å². The predicted octanol–water partition coefficient (Wildman–Crippen LogP) is 2.73. The summed E-state index contributed by atoms with van der Waals surface area (Å²) in [6, 6.07) is 1.47. The van der Waals surface area contributed by atoms with E-state index in [2.05, 4.69) is 15.0 Å². The largest absolute Gasteiger partial charge is 0.227 e. The molecule has 13 heavy (non-hydrogen) atoms. The van der Waals surface area contributed by atoms with Crippen LogP contribution in [-0.4, -0.2) is 11.5 Å². The van der Waals surface area contributed by atoms with Crippen molar-refractivity contribution in [3.63, 3.8) is 0 Å². The van der Waals surface area contributed by atoms with Crippen molar-refractivity contribution in [2.24, 2.45) is 5.11 Å². The molecule has 6 heteroatoms. The Hall–Kier alpha value is -1.32. The van der Waals surface area contributed by atoms with Gasteiger partial charge in [0.25, 0.3) is 0 Å². The molecule has 0 atom stereocenters. The zero-order chi connectivity index (χ0) is 9.68. The van der Waals surface area contributed by atoms with Crippen LogP contribution in [0.1, 0.15) is 5.56 Å². The van der Waals surface area contributed by atoms with Gasteiger partial charge in [-0.05, 0) is 18.0 Å². The lowest BCUT2D eigenvalue weighted by molar-refractivity contribution is 0.566. The lowest BCUT2D eigenvalue weighted by Gasteiger charge is -1.99. The van der Waals surface area contributed by atoms with Crippen LogP contribution < -0.4 is 0 Å². The smallest absolute Gasteiger partial charge is 0.216 e. The zero-order valence-corrected chi connectivity index (χ0v) is 7.37. The topological polar surface area (TPSA) is 61.7 Å². The molecule has 4 nitrogen and oxygen atoms in total. The average Bonchev–Trinajstić information content (AvgIpc) is 2.11. The van der Waals surface area contributed by atoms with E-state index in [1.54, 1.807) is 0 Å². The Balaban J connectivity index is 2.75. The molecule has 1 aromatic heterocycles. The molecule has 1 heterocycles. The molecule has 0 aliphatic carbocycles. The second-order valence-corrected chi connectivity index (χ2v) is 2.74. The number of hydrogen-bond donors (Lipinski definition) is 0. The van der Waals surface area contributed by atoms with Gasteiger partial charge in [-0.2, -0.15) is 4.39 Å². The van der Waals surface area contributed by atoms with E-state index in [-0.39, 0.29) is 6.54 Å². The van der Waals surface area contributed by atoms with Crippen molar-refractivity contribution < 1.29 is 4.39 Å². The quantitative estimate of drug-likeness (QED) is 0.320. The van der Waals surface area contributed by atoms with E-state index in [9.17, 15) is 4.39 Å².